The lowest BCUT2D eigenvalue weighted by atomic mass is 10.00. The fourth-order valence-corrected chi connectivity index (χ4v) is 2.55. The molecule has 3 rings (SSSR count). The first-order chi connectivity index (χ1) is 10.6. The van der Waals surface area contributed by atoms with E-state index in [9.17, 15) is 9.18 Å². The zero-order chi connectivity index (χ0) is 15.5. The number of carbonyl (C=O) groups is 1. The number of piperidine rings is 1. The summed E-state index contributed by atoms with van der Waals surface area (Å²) in [5.74, 6) is -0.568. The fourth-order valence-electron chi connectivity index (χ4n) is 2.55. The molecule has 1 saturated heterocycles. The van der Waals surface area contributed by atoms with Crippen molar-refractivity contribution >= 4 is 5.91 Å². The highest BCUT2D eigenvalue weighted by Crippen LogP contribution is 2.10. The van der Waals surface area contributed by atoms with Crippen LogP contribution in [-0.4, -0.2) is 39.5 Å². The van der Waals surface area contributed by atoms with E-state index >= 15 is 0 Å². The van der Waals surface area contributed by atoms with E-state index in [1.165, 1.54) is 23.1 Å². The average molecular weight is 303 g/mol. The van der Waals surface area contributed by atoms with Gasteiger partial charge in [-0.05, 0) is 50.6 Å². The number of hydrogen-bond acceptors (Lipinski definition) is 4. The molecule has 1 aliphatic heterocycles. The van der Waals surface area contributed by atoms with Crippen molar-refractivity contribution in [3.63, 3.8) is 0 Å². The van der Waals surface area contributed by atoms with Crippen LogP contribution in [0, 0.1) is 5.82 Å². The molecule has 2 atom stereocenters. The lowest BCUT2D eigenvalue weighted by molar-refractivity contribution is 0.0914. The third-order valence-corrected chi connectivity index (χ3v) is 3.86. The first-order valence-electron chi connectivity index (χ1n) is 7.36. The molecule has 22 heavy (non-hydrogen) atoms. The Kier molecular flexibility index (Phi) is 4.15. The average Bonchev–Trinajstić information content (AvgIpc) is 3.00. The number of hydrogen-bond donors (Lipinski definition) is 2. The summed E-state index contributed by atoms with van der Waals surface area (Å²) < 4.78 is 12.9. The molecular weight excluding hydrogens is 285 g/mol. The van der Waals surface area contributed by atoms with Crippen molar-refractivity contribution in [2.45, 2.75) is 31.8 Å². The van der Waals surface area contributed by atoms with Gasteiger partial charge in [0, 0.05) is 12.1 Å². The number of nitrogens with one attached hydrogen (secondary N) is 2. The van der Waals surface area contributed by atoms with Crippen LogP contribution in [0.2, 0.25) is 0 Å². The highest BCUT2D eigenvalue weighted by atomic mass is 19.1. The zero-order valence-electron chi connectivity index (χ0n) is 12.3. The van der Waals surface area contributed by atoms with E-state index in [1.807, 2.05) is 0 Å². The molecule has 1 aromatic carbocycles. The van der Waals surface area contributed by atoms with Crippen molar-refractivity contribution in [3.05, 3.63) is 42.0 Å². The Hall–Kier alpha value is -2.28. The predicted molar refractivity (Wildman–Crippen MR) is 79.3 cm³/mol. The first kappa shape index (κ1) is 14.6. The maximum Gasteiger partial charge on any atom is 0.273 e. The van der Waals surface area contributed by atoms with Gasteiger partial charge in [0.15, 0.2) is 5.69 Å². The third kappa shape index (κ3) is 3.14. The number of nitrogens with zero attached hydrogens (tertiary/aromatic N) is 3. The summed E-state index contributed by atoms with van der Waals surface area (Å²) in [5.41, 5.74) is 0.857. The van der Waals surface area contributed by atoms with E-state index < -0.39 is 0 Å². The molecule has 2 unspecified atom stereocenters. The minimum absolute atomic E-state index is 0.0946. The molecule has 0 radical (unpaired) electrons. The Morgan fingerprint density at radius 2 is 2.18 bits per heavy atom. The highest BCUT2D eigenvalue weighted by molar-refractivity contribution is 5.92. The lowest BCUT2D eigenvalue weighted by Crippen LogP contribution is -2.52. The first-order valence-corrected chi connectivity index (χ1v) is 7.36. The van der Waals surface area contributed by atoms with Gasteiger partial charge in [-0.3, -0.25) is 4.79 Å². The number of benzene rings is 1. The Balaban J connectivity index is 1.70. The van der Waals surface area contributed by atoms with Crippen molar-refractivity contribution in [1.29, 1.82) is 0 Å². The summed E-state index contributed by atoms with van der Waals surface area (Å²) in [5, 5.41) is 14.5. The molecular formula is C15H18FN5O. The second-order valence-electron chi connectivity index (χ2n) is 5.46. The molecule has 1 amide bonds. The molecule has 7 heteroatoms. The Bertz CT molecular complexity index is 654. The summed E-state index contributed by atoms with van der Waals surface area (Å²) in [6.45, 7) is 3.04. The Labute approximate surface area is 127 Å². The van der Waals surface area contributed by atoms with E-state index in [-0.39, 0.29) is 29.5 Å². The lowest BCUT2D eigenvalue weighted by Gasteiger charge is -2.30. The van der Waals surface area contributed by atoms with Crippen LogP contribution in [0.1, 0.15) is 30.3 Å². The molecule has 0 aliphatic carbocycles. The van der Waals surface area contributed by atoms with Crippen molar-refractivity contribution in [2.75, 3.05) is 6.54 Å². The number of halogens is 1. The third-order valence-electron chi connectivity index (χ3n) is 3.86. The minimum atomic E-state index is -0.326. The van der Waals surface area contributed by atoms with Crippen LogP contribution in [0.3, 0.4) is 0 Å². The highest BCUT2D eigenvalue weighted by Gasteiger charge is 2.24. The molecule has 116 valence electrons. The topological polar surface area (TPSA) is 71.8 Å². The van der Waals surface area contributed by atoms with Crippen LogP contribution in [0.25, 0.3) is 5.69 Å². The Morgan fingerprint density at radius 3 is 2.91 bits per heavy atom. The molecule has 0 spiro atoms. The molecule has 1 aliphatic rings. The SMILES string of the molecule is CC1NCCCC1NC(=O)c1cnn(-c2ccc(F)cc2)n1. The van der Waals surface area contributed by atoms with Crippen molar-refractivity contribution < 1.29 is 9.18 Å². The summed E-state index contributed by atoms with van der Waals surface area (Å²) in [6, 6.07) is 6.11. The van der Waals surface area contributed by atoms with Gasteiger partial charge in [-0.15, -0.1) is 5.10 Å². The van der Waals surface area contributed by atoms with Gasteiger partial charge >= 0.3 is 0 Å². The van der Waals surface area contributed by atoms with Gasteiger partial charge in [0.05, 0.1) is 11.9 Å². The zero-order valence-corrected chi connectivity index (χ0v) is 12.3. The van der Waals surface area contributed by atoms with Gasteiger partial charge in [0.1, 0.15) is 5.82 Å². The van der Waals surface area contributed by atoms with Gasteiger partial charge in [-0.1, -0.05) is 0 Å². The summed E-state index contributed by atoms with van der Waals surface area (Å²) in [6.07, 6.45) is 3.41. The summed E-state index contributed by atoms with van der Waals surface area (Å²) in [4.78, 5) is 13.6. The van der Waals surface area contributed by atoms with E-state index in [0.717, 1.165) is 19.4 Å². The van der Waals surface area contributed by atoms with Crippen LogP contribution in [0.5, 0.6) is 0 Å². The second-order valence-corrected chi connectivity index (χ2v) is 5.46. The van der Waals surface area contributed by atoms with E-state index in [4.69, 9.17) is 0 Å². The smallest absolute Gasteiger partial charge is 0.273 e. The number of rotatable bonds is 3. The van der Waals surface area contributed by atoms with E-state index in [1.54, 1.807) is 12.1 Å². The molecule has 1 fully saturated rings. The van der Waals surface area contributed by atoms with Gasteiger partial charge in [0.2, 0.25) is 0 Å². The van der Waals surface area contributed by atoms with Gasteiger partial charge < -0.3 is 10.6 Å². The standard InChI is InChI=1S/C15H18FN5O/c1-10-13(3-2-8-17-10)19-15(22)14-9-18-21(20-14)12-6-4-11(16)5-7-12/h4-7,9-10,13,17H,2-3,8H2,1H3,(H,19,22). The molecule has 2 heterocycles. The quantitative estimate of drug-likeness (QED) is 0.896. The number of aromatic nitrogens is 3. The van der Waals surface area contributed by atoms with Crippen molar-refractivity contribution in [1.82, 2.24) is 25.6 Å². The second kappa shape index (κ2) is 6.23. The van der Waals surface area contributed by atoms with E-state index in [2.05, 4.69) is 27.8 Å². The predicted octanol–water partition coefficient (Wildman–Crippen LogP) is 1.28. The summed E-state index contributed by atoms with van der Waals surface area (Å²) >= 11 is 0. The largest absolute Gasteiger partial charge is 0.346 e. The van der Waals surface area contributed by atoms with Crippen molar-refractivity contribution in [3.8, 4) is 5.69 Å². The fraction of sp³-hybridized carbons (Fsp3) is 0.400. The van der Waals surface area contributed by atoms with Gasteiger partial charge in [-0.25, -0.2) is 4.39 Å². The normalized spacial score (nSPS) is 21.5. The van der Waals surface area contributed by atoms with Crippen LogP contribution in [-0.2, 0) is 0 Å². The molecule has 0 saturated carbocycles. The van der Waals surface area contributed by atoms with Crippen molar-refractivity contribution in [2.24, 2.45) is 0 Å². The maximum absolute atomic E-state index is 12.9. The minimum Gasteiger partial charge on any atom is -0.346 e. The van der Waals surface area contributed by atoms with Gasteiger partial charge in [0.25, 0.3) is 5.91 Å². The van der Waals surface area contributed by atoms with Gasteiger partial charge in [-0.2, -0.15) is 9.90 Å². The van der Waals surface area contributed by atoms with Crippen LogP contribution in [0.4, 0.5) is 4.39 Å². The Morgan fingerprint density at radius 1 is 1.41 bits per heavy atom. The number of carbonyl (C=O) groups excluding carboxylic acids is 1. The summed E-state index contributed by atoms with van der Waals surface area (Å²) in [7, 11) is 0. The van der Waals surface area contributed by atoms with Crippen LogP contribution >= 0.6 is 0 Å². The van der Waals surface area contributed by atoms with E-state index in [0.29, 0.717) is 5.69 Å². The molecule has 1 aromatic heterocycles. The van der Waals surface area contributed by atoms with Crippen LogP contribution in [0.15, 0.2) is 30.5 Å². The molecule has 2 N–H and O–H groups in total. The molecule has 0 bridgehead atoms. The maximum atomic E-state index is 12.9. The monoisotopic (exact) mass is 303 g/mol. The van der Waals surface area contributed by atoms with Crippen LogP contribution < -0.4 is 10.6 Å². The number of amides is 1. The molecule has 2 aromatic rings. The molecule has 6 nitrogen and oxygen atoms in total.